The van der Waals surface area contributed by atoms with E-state index in [2.05, 4.69) is 29.6 Å². The van der Waals surface area contributed by atoms with Gasteiger partial charge in [0.25, 0.3) is 0 Å². The van der Waals surface area contributed by atoms with Crippen LogP contribution in [0.25, 0.3) is 0 Å². The maximum Gasteiger partial charge on any atom is 0.0535 e. The summed E-state index contributed by atoms with van der Waals surface area (Å²) in [6.45, 7) is 4.13. The summed E-state index contributed by atoms with van der Waals surface area (Å²) in [6, 6.07) is 9.15. The molecule has 2 saturated heterocycles. The summed E-state index contributed by atoms with van der Waals surface area (Å²) in [4.78, 5) is 0. The van der Waals surface area contributed by atoms with Gasteiger partial charge in [0.2, 0.25) is 0 Å². The minimum absolute atomic E-state index is 0.638. The van der Waals surface area contributed by atoms with E-state index in [1.54, 1.807) is 0 Å². The zero-order valence-corrected chi connectivity index (χ0v) is 8.91. The third kappa shape index (κ3) is 1.80. The van der Waals surface area contributed by atoms with Crippen LogP contribution >= 0.6 is 0 Å². The Bertz CT molecular complexity index is 323. The minimum atomic E-state index is 0.638. The van der Waals surface area contributed by atoms with Crippen molar-refractivity contribution in [3.63, 3.8) is 0 Å². The predicted molar refractivity (Wildman–Crippen MR) is 60.2 cm³/mol. The lowest BCUT2D eigenvalue weighted by Crippen LogP contribution is -2.39. The Balaban J connectivity index is 1.74. The van der Waals surface area contributed by atoms with Crippen LogP contribution in [0.5, 0.6) is 0 Å². The van der Waals surface area contributed by atoms with Crippen LogP contribution in [0, 0.1) is 0 Å². The smallest absolute Gasteiger partial charge is 0.0535 e. The first-order valence-corrected chi connectivity index (χ1v) is 5.82. The lowest BCUT2D eigenvalue weighted by Gasteiger charge is -2.27. The van der Waals surface area contributed by atoms with E-state index in [9.17, 15) is 0 Å². The van der Waals surface area contributed by atoms with Crippen LogP contribution in [0.2, 0.25) is 0 Å². The molecule has 80 valence electrons. The monoisotopic (exact) mass is 203 g/mol. The van der Waals surface area contributed by atoms with E-state index >= 15 is 0 Å². The van der Waals surface area contributed by atoms with Gasteiger partial charge in [-0.1, -0.05) is 24.3 Å². The van der Waals surface area contributed by atoms with Gasteiger partial charge in [0.05, 0.1) is 6.61 Å². The molecule has 3 rings (SSSR count). The van der Waals surface area contributed by atoms with Crippen LogP contribution in [-0.2, 0) is 4.74 Å². The fraction of sp³-hybridized carbons (Fsp3) is 0.538. The Morgan fingerprint density at radius 1 is 1.00 bits per heavy atom. The van der Waals surface area contributed by atoms with Gasteiger partial charge in [0.15, 0.2) is 0 Å². The molecule has 0 saturated carbocycles. The highest BCUT2D eigenvalue weighted by Gasteiger charge is 2.20. The van der Waals surface area contributed by atoms with Crippen molar-refractivity contribution in [2.24, 2.45) is 0 Å². The van der Waals surface area contributed by atoms with Gasteiger partial charge in [-0.05, 0) is 17.5 Å². The van der Waals surface area contributed by atoms with E-state index in [1.807, 2.05) is 0 Å². The normalized spacial score (nSPS) is 26.5. The van der Waals surface area contributed by atoms with Crippen molar-refractivity contribution in [3.8, 4) is 0 Å². The van der Waals surface area contributed by atoms with E-state index in [-0.39, 0.29) is 0 Å². The first kappa shape index (κ1) is 9.37. The van der Waals surface area contributed by atoms with Gasteiger partial charge in [-0.25, -0.2) is 0 Å². The highest BCUT2D eigenvalue weighted by atomic mass is 16.5. The van der Waals surface area contributed by atoms with Crippen LogP contribution in [0.15, 0.2) is 24.3 Å². The van der Waals surface area contributed by atoms with E-state index in [0.717, 1.165) is 32.2 Å². The van der Waals surface area contributed by atoms with Crippen LogP contribution in [-0.4, -0.2) is 26.3 Å². The summed E-state index contributed by atoms with van der Waals surface area (Å²) in [7, 11) is 0. The van der Waals surface area contributed by atoms with E-state index in [4.69, 9.17) is 4.74 Å². The van der Waals surface area contributed by atoms with Crippen molar-refractivity contribution in [2.45, 2.75) is 18.3 Å². The SMILES string of the molecule is c1cc(C2CCOC2)ccc1C1CNC1. The van der Waals surface area contributed by atoms with Crippen molar-refractivity contribution < 1.29 is 4.74 Å². The standard InChI is InChI=1S/C13H17NO/c1-3-11(13-7-14-8-13)4-2-10(1)12-5-6-15-9-12/h1-4,12-14H,5-9H2. The van der Waals surface area contributed by atoms with Crippen molar-refractivity contribution in [3.05, 3.63) is 35.4 Å². The highest BCUT2D eigenvalue weighted by Crippen LogP contribution is 2.27. The van der Waals surface area contributed by atoms with Crippen molar-refractivity contribution in [1.82, 2.24) is 5.32 Å². The molecule has 0 aliphatic carbocycles. The molecule has 2 aliphatic rings. The number of nitrogens with one attached hydrogen (secondary N) is 1. The molecule has 2 aliphatic heterocycles. The molecule has 1 aromatic rings. The Hall–Kier alpha value is -0.860. The Morgan fingerprint density at radius 3 is 2.13 bits per heavy atom. The summed E-state index contributed by atoms with van der Waals surface area (Å²) in [5.74, 6) is 1.39. The van der Waals surface area contributed by atoms with E-state index in [0.29, 0.717) is 5.92 Å². The molecule has 1 unspecified atom stereocenters. The Morgan fingerprint density at radius 2 is 1.67 bits per heavy atom. The second-order valence-corrected chi connectivity index (χ2v) is 4.58. The average molecular weight is 203 g/mol. The number of benzene rings is 1. The van der Waals surface area contributed by atoms with Crippen LogP contribution in [0.3, 0.4) is 0 Å². The molecule has 0 radical (unpaired) electrons. The average Bonchev–Trinajstić information content (AvgIpc) is 2.69. The molecule has 1 atom stereocenters. The molecule has 1 aromatic carbocycles. The second-order valence-electron chi connectivity index (χ2n) is 4.58. The molecule has 2 fully saturated rings. The van der Waals surface area contributed by atoms with Crippen molar-refractivity contribution >= 4 is 0 Å². The van der Waals surface area contributed by atoms with Gasteiger partial charge in [0, 0.05) is 31.5 Å². The van der Waals surface area contributed by atoms with Gasteiger partial charge < -0.3 is 10.1 Å². The van der Waals surface area contributed by atoms with Crippen LogP contribution in [0.1, 0.15) is 29.4 Å². The maximum atomic E-state index is 5.41. The van der Waals surface area contributed by atoms with Crippen LogP contribution in [0.4, 0.5) is 0 Å². The van der Waals surface area contributed by atoms with Gasteiger partial charge in [-0.3, -0.25) is 0 Å². The highest BCUT2D eigenvalue weighted by molar-refractivity contribution is 5.29. The van der Waals surface area contributed by atoms with E-state index < -0.39 is 0 Å². The zero-order chi connectivity index (χ0) is 10.1. The summed E-state index contributed by atoms with van der Waals surface area (Å²) >= 11 is 0. The lowest BCUT2D eigenvalue weighted by atomic mass is 9.90. The molecule has 0 amide bonds. The second kappa shape index (κ2) is 3.95. The fourth-order valence-electron chi connectivity index (χ4n) is 2.36. The third-order valence-corrected chi connectivity index (χ3v) is 3.59. The molecule has 0 spiro atoms. The van der Waals surface area contributed by atoms with Gasteiger partial charge in [-0.2, -0.15) is 0 Å². The fourth-order valence-corrected chi connectivity index (χ4v) is 2.36. The summed E-state index contributed by atoms with van der Waals surface area (Å²) in [5.41, 5.74) is 2.93. The van der Waals surface area contributed by atoms with Gasteiger partial charge in [-0.15, -0.1) is 0 Å². The molecule has 2 heteroatoms. The van der Waals surface area contributed by atoms with Gasteiger partial charge in [0.1, 0.15) is 0 Å². The minimum Gasteiger partial charge on any atom is -0.381 e. The summed E-state index contributed by atoms with van der Waals surface area (Å²) in [6.07, 6.45) is 1.18. The number of hydrogen-bond donors (Lipinski definition) is 1. The topological polar surface area (TPSA) is 21.3 Å². The predicted octanol–water partition coefficient (Wildman–Crippen LogP) is 1.88. The van der Waals surface area contributed by atoms with E-state index in [1.165, 1.54) is 17.5 Å². The molecule has 1 N–H and O–H groups in total. The zero-order valence-electron chi connectivity index (χ0n) is 8.91. The molecule has 0 aromatic heterocycles. The molecule has 15 heavy (non-hydrogen) atoms. The third-order valence-electron chi connectivity index (χ3n) is 3.59. The summed E-state index contributed by atoms with van der Waals surface area (Å²) < 4.78 is 5.41. The number of ether oxygens (including phenoxy) is 1. The van der Waals surface area contributed by atoms with Crippen molar-refractivity contribution in [2.75, 3.05) is 26.3 Å². The lowest BCUT2D eigenvalue weighted by molar-refractivity contribution is 0.194. The van der Waals surface area contributed by atoms with Crippen LogP contribution < -0.4 is 5.32 Å². The summed E-state index contributed by atoms with van der Waals surface area (Å²) in [5, 5.41) is 3.31. The van der Waals surface area contributed by atoms with Gasteiger partial charge >= 0.3 is 0 Å². The molecule has 2 heterocycles. The molecule has 0 bridgehead atoms. The Labute approximate surface area is 90.6 Å². The molecule has 2 nitrogen and oxygen atoms in total. The quantitative estimate of drug-likeness (QED) is 0.792. The maximum absolute atomic E-state index is 5.41. The molecular weight excluding hydrogens is 186 g/mol. The van der Waals surface area contributed by atoms with Crippen molar-refractivity contribution in [1.29, 1.82) is 0 Å². The number of hydrogen-bond acceptors (Lipinski definition) is 2. The first-order valence-electron chi connectivity index (χ1n) is 5.82. The first-order chi connectivity index (χ1) is 7.43. The number of rotatable bonds is 2. The Kier molecular flexibility index (Phi) is 2.47. The molecular formula is C13H17NO. The largest absolute Gasteiger partial charge is 0.381 e.